The number of carbonyl (C=O) groups excluding carboxylic acids is 1. The van der Waals surface area contributed by atoms with Crippen LogP contribution in [0.25, 0.3) is 6.08 Å². The van der Waals surface area contributed by atoms with Gasteiger partial charge in [0, 0.05) is 18.0 Å². The molecular formula is C23H29FN4OS. The van der Waals surface area contributed by atoms with Gasteiger partial charge >= 0.3 is 0 Å². The van der Waals surface area contributed by atoms with Crippen LogP contribution in [0, 0.1) is 5.92 Å². The van der Waals surface area contributed by atoms with Crippen molar-refractivity contribution in [1.82, 2.24) is 10.2 Å². The van der Waals surface area contributed by atoms with Crippen molar-refractivity contribution in [1.29, 1.82) is 0 Å². The van der Waals surface area contributed by atoms with E-state index in [2.05, 4.69) is 39.8 Å². The van der Waals surface area contributed by atoms with E-state index >= 15 is 0 Å². The van der Waals surface area contributed by atoms with Crippen molar-refractivity contribution >= 4 is 40.3 Å². The van der Waals surface area contributed by atoms with Crippen LogP contribution < -0.4 is 5.32 Å². The highest BCUT2D eigenvalue weighted by Crippen LogP contribution is 2.29. The Bertz CT molecular complexity index is 885. The molecule has 0 atom stereocenters. The summed E-state index contributed by atoms with van der Waals surface area (Å²) in [4.78, 5) is 25.2. The molecule has 1 N–H and O–H groups in total. The number of rotatable bonds is 6. The van der Waals surface area contributed by atoms with Gasteiger partial charge in [-0.05, 0) is 56.3 Å². The second-order valence-corrected chi connectivity index (χ2v) is 8.77. The predicted octanol–water partition coefficient (Wildman–Crippen LogP) is 4.57. The standard InChI is InChI=1S/C23H29FN4OS/c1-4-18-5-6-20(23-25-11-7-16(2)30-23)15-21(18)26-17(3)27-22(29)19-8-12-28(13-9-19)14-10-24/h4-7,15,19H,1,8-14H2,2-3H3,(H,26,27,29). The van der Waals surface area contributed by atoms with E-state index in [4.69, 9.17) is 0 Å². The van der Waals surface area contributed by atoms with E-state index in [0.29, 0.717) is 18.9 Å². The van der Waals surface area contributed by atoms with Crippen molar-refractivity contribution in [2.24, 2.45) is 15.9 Å². The molecule has 1 saturated heterocycles. The van der Waals surface area contributed by atoms with Crippen molar-refractivity contribution < 1.29 is 9.18 Å². The van der Waals surface area contributed by atoms with Gasteiger partial charge in [-0.1, -0.05) is 42.6 Å². The Labute approximate surface area is 182 Å². The third-order valence-corrected chi connectivity index (χ3v) is 6.37. The van der Waals surface area contributed by atoms with Gasteiger partial charge in [0.1, 0.15) is 17.6 Å². The summed E-state index contributed by atoms with van der Waals surface area (Å²) in [5.74, 6) is 0.486. The molecule has 0 aliphatic carbocycles. The maximum absolute atomic E-state index is 12.6. The van der Waals surface area contributed by atoms with Crippen molar-refractivity contribution in [3.8, 4) is 0 Å². The lowest BCUT2D eigenvalue weighted by Crippen LogP contribution is -2.42. The lowest BCUT2D eigenvalue weighted by Gasteiger charge is -2.30. The fourth-order valence-electron chi connectivity index (χ4n) is 3.61. The molecule has 1 aromatic carbocycles. The first-order valence-electron chi connectivity index (χ1n) is 10.3. The third kappa shape index (κ3) is 5.89. The lowest BCUT2D eigenvalue weighted by atomic mass is 9.96. The molecule has 3 rings (SSSR count). The van der Waals surface area contributed by atoms with E-state index in [-0.39, 0.29) is 18.5 Å². The number of likely N-dealkylation sites (tertiary alicyclic amines) is 1. The third-order valence-electron chi connectivity index (χ3n) is 5.32. The van der Waals surface area contributed by atoms with E-state index in [0.717, 1.165) is 47.8 Å². The van der Waals surface area contributed by atoms with E-state index in [1.807, 2.05) is 18.2 Å². The van der Waals surface area contributed by atoms with Gasteiger partial charge < -0.3 is 10.2 Å². The van der Waals surface area contributed by atoms with E-state index in [9.17, 15) is 9.18 Å². The van der Waals surface area contributed by atoms with Gasteiger partial charge in [0.15, 0.2) is 0 Å². The van der Waals surface area contributed by atoms with Crippen molar-refractivity contribution in [3.05, 3.63) is 46.9 Å². The minimum atomic E-state index is -0.339. The van der Waals surface area contributed by atoms with Gasteiger partial charge in [0.2, 0.25) is 5.91 Å². The highest BCUT2D eigenvalue weighted by Gasteiger charge is 2.25. The molecule has 160 valence electrons. The van der Waals surface area contributed by atoms with Gasteiger partial charge in [-0.2, -0.15) is 0 Å². The monoisotopic (exact) mass is 428 g/mol. The molecule has 0 radical (unpaired) electrons. The number of nitrogens with zero attached hydrogens (tertiary/aromatic N) is 3. The Morgan fingerprint density at radius 3 is 2.87 bits per heavy atom. The number of alkyl halides is 1. The molecule has 7 heteroatoms. The Hall–Kier alpha value is -2.25. The highest BCUT2D eigenvalue weighted by molar-refractivity contribution is 8.17. The minimum absolute atomic E-state index is 0.0135. The zero-order chi connectivity index (χ0) is 21.5. The number of amidine groups is 1. The minimum Gasteiger partial charge on any atom is -0.314 e. The number of hydrogen-bond acceptors (Lipinski definition) is 5. The quantitative estimate of drug-likeness (QED) is 0.533. The number of thioether (sulfide) groups is 1. The van der Waals surface area contributed by atoms with E-state index in [1.54, 1.807) is 24.8 Å². The number of allylic oxidation sites excluding steroid dienone is 1. The average molecular weight is 429 g/mol. The van der Waals surface area contributed by atoms with Crippen LogP contribution in [0.2, 0.25) is 0 Å². The molecule has 1 amide bonds. The van der Waals surface area contributed by atoms with Gasteiger partial charge in [-0.3, -0.25) is 9.79 Å². The second kappa shape index (κ2) is 10.7. The highest BCUT2D eigenvalue weighted by atomic mass is 32.2. The number of benzene rings is 1. The first-order valence-corrected chi connectivity index (χ1v) is 11.1. The van der Waals surface area contributed by atoms with Crippen LogP contribution in [0.15, 0.2) is 45.7 Å². The van der Waals surface area contributed by atoms with Crippen molar-refractivity contribution in [2.45, 2.75) is 26.7 Å². The molecule has 0 unspecified atom stereocenters. The number of amides is 1. The van der Waals surface area contributed by atoms with Crippen LogP contribution in [0.4, 0.5) is 10.1 Å². The molecular weight excluding hydrogens is 399 g/mol. The maximum atomic E-state index is 12.6. The van der Waals surface area contributed by atoms with Crippen molar-refractivity contribution in [3.63, 3.8) is 0 Å². The van der Waals surface area contributed by atoms with Crippen LogP contribution in [0.5, 0.6) is 0 Å². The number of nitrogens with one attached hydrogen (secondary N) is 1. The molecule has 1 aromatic rings. The number of halogens is 1. The SMILES string of the molecule is C=Cc1ccc(C2=NCC=C(C)S2)cc1N=C(C)NC(=O)C1CCN(CCF)CC1. The van der Waals surface area contributed by atoms with Crippen LogP contribution in [0.3, 0.4) is 0 Å². The smallest absolute Gasteiger partial charge is 0.228 e. The maximum Gasteiger partial charge on any atom is 0.228 e. The van der Waals surface area contributed by atoms with Gasteiger partial charge in [-0.15, -0.1) is 0 Å². The fraction of sp³-hybridized carbons (Fsp3) is 0.435. The van der Waals surface area contributed by atoms with Crippen LogP contribution in [-0.4, -0.2) is 54.5 Å². The molecule has 0 saturated carbocycles. The number of hydrogen-bond donors (Lipinski definition) is 1. The fourth-order valence-corrected chi connectivity index (χ4v) is 4.45. The summed E-state index contributed by atoms with van der Waals surface area (Å²) in [6.07, 6.45) is 5.36. The largest absolute Gasteiger partial charge is 0.314 e. The zero-order valence-electron chi connectivity index (χ0n) is 17.7. The van der Waals surface area contributed by atoms with Crippen molar-refractivity contribution in [2.75, 3.05) is 32.9 Å². The zero-order valence-corrected chi connectivity index (χ0v) is 18.5. The Morgan fingerprint density at radius 2 is 2.20 bits per heavy atom. The predicted molar refractivity (Wildman–Crippen MR) is 125 cm³/mol. The summed E-state index contributed by atoms with van der Waals surface area (Å²) in [5.41, 5.74) is 2.67. The molecule has 2 aliphatic rings. The van der Waals surface area contributed by atoms with Crippen LogP contribution >= 0.6 is 11.8 Å². The summed E-state index contributed by atoms with van der Waals surface area (Å²) in [6.45, 7) is 10.1. The van der Waals surface area contributed by atoms with E-state index in [1.165, 1.54) is 4.91 Å². The Kier molecular flexibility index (Phi) is 7.99. The summed E-state index contributed by atoms with van der Waals surface area (Å²) < 4.78 is 12.5. The van der Waals surface area contributed by atoms with Crippen LogP contribution in [0.1, 0.15) is 37.8 Å². The molecule has 5 nitrogen and oxygen atoms in total. The normalized spacial score (nSPS) is 18.6. The molecule has 0 spiro atoms. The van der Waals surface area contributed by atoms with Gasteiger partial charge in [0.05, 0.1) is 12.2 Å². The molecule has 2 heterocycles. The number of aliphatic imine (C=N–C) groups is 2. The van der Waals surface area contributed by atoms with Gasteiger partial charge in [0.25, 0.3) is 0 Å². The molecule has 0 bridgehead atoms. The first-order chi connectivity index (χ1) is 14.5. The Morgan fingerprint density at radius 1 is 1.43 bits per heavy atom. The number of carbonyl (C=O) groups is 1. The number of piperidine rings is 1. The summed E-state index contributed by atoms with van der Waals surface area (Å²) in [7, 11) is 0. The Balaban J connectivity index is 1.69. The van der Waals surface area contributed by atoms with E-state index < -0.39 is 0 Å². The van der Waals surface area contributed by atoms with Gasteiger partial charge in [-0.25, -0.2) is 9.38 Å². The average Bonchev–Trinajstić information content (AvgIpc) is 2.74. The first kappa shape index (κ1) is 22.4. The molecule has 1 fully saturated rings. The topological polar surface area (TPSA) is 57.1 Å². The molecule has 0 aromatic heterocycles. The summed E-state index contributed by atoms with van der Waals surface area (Å²) >= 11 is 1.65. The molecule has 30 heavy (non-hydrogen) atoms. The lowest BCUT2D eigenvalue weighted by molar-refractivity contribution is -0.124. The summed E-state index contributed by atoms with van der Waals surface area (Å²) in [6, 6.07) is 6.00. The molecule has 2 aliphatic heterocycles. The van der Waals surface area contributed by atoms with Crippen LogP contribution in [-0.2, 0) is 4.79 Å². The second-order valence-electron chi connectivity index (χ2n) is 7.53. The summed E-state index contributed by atoms with van der Waals surface area (Å²) in [5, 5.41) is 3.92.